The van der Waals surface area contributed by atoms with E-state index in [2.05, 4.69) is 5.32 Å². The van der Waals surface area contributed by atoms with Crippen molar-refractivity contribution in [3.63, 3.8) is 0 Å². The number of fused-ring (bicyclic) bond motifs is 1. The zero-order valence-electron chi connectivity index (χ0n) is 13.3. The van der Waals surface area contributed by atoms with Gasteiger partial charge in [0.05, 0.1) is 0 Å². The van der Waals surface area contributed by atoms with E-state index in [1.165, 1.54) is 0 Å². The number of carbonyl (C=O) groups excluding carboxylic acids is 1. The summed E-state index contributed by atoms with van der Waals surface area (Å²) in [6.45, 7) is 1.83. The molecule has 1 aliphatic heterocycles. The van der Waals surface area contributed by atoms with Gasteiger partial charge in [0.25, 0.3) is 0 Å². The number of halogens is 1. The van der Waals surface area contributed by atoms with E-state index in [0.717, 1.165) is 42.7 Å². The predicted octanol–water partition coefficient (Wildman–Crippen LogP) is 2.06. The molecule has 0 unspecified atom stereocenters. The fourth-order valence-electron chi connectivity index (χ4n) is 3.22. The van der Waals surface area contributed by atoms with Crippen molar-refractivity contribution in [2.45, 2.75) is 38.1 Å². The zero-order chi connectivity index (χ0) is 15.4. The molecular weight excluding hydrogens is 316 g/mol. The van der Waals surface area contributed by atoms with Gasteiger partial charge in [0.2, 0.25) is 5.91 Å². The number of rotatable bonds is 5. The van der Waals surface area contributed by atoms with Crippen LogP contribution in [-0.4, -0.2) is 31.7 Å². The first-order valence-corrected chi connectivity index (χ1v) is 8.13. The van der Waals surface area contributed by atoms with E-state index in [1.54, 1.807) is 0 Å². The third kappa shape index (κ3) is 4.75. The number of carbonyl (C=O) groups is 1. The van der Waals surface area contributed by atoms with Crippen molar-refractivity contribution in [2.75, 3.05) is 19.8 Å². The Bertz CT molecular complexity index is 539. The van der Waals surface area contributed by atoms with Crippen LogP contribution in [0.4, 0.5) is 0 Å². The molecule has 1 fully saturated rings. The van der Waals surface area contributed by atoms with E-state index in [4.69, 9.17) is 15.2 Å². The van der Waals surface area contributed by atoms with Crippen LogP contribution in [0.25, 0.3) is 0 Å². The fraction of sp³-hybridized carbons (Fsp3) is 0.588. The molecule has 0 radical (unpaired) electrons. The van der Waals surface area contributed by atoms with Gasteiger partial charge in [-0.3, -0.25) is 4.79 Å². The summed E-state index contributed by atoms with van der Waals surface area (Å²) in [5.41, 5.74) is 7.15. The normalized spacial score (nSPS) is 22.3. The summed E-state index contributed by atoms with van der Waals surface area (Å²) in [5, 5.41) is 2.99. The van der Waals surface area contributed by atoms with Crippen LogP contribution < -0.4 is 20.5 Å². The lowest BCUT2D eigenvalue weighted by atomic mass is 10.00. The highest BCUT2D eigenvalue weighted by Gasteiger charge is 2.25. The van der Waals surface area contributed by atoms with Gasteiger partial charge in [-0.25, -0.2) is 0 Å². The highest BCUT2D eigenvalue weighted by atomic mass is 35.5. The second kappa shape index (κ2) is 8.41. The molecule has 0 aromatic heterocycles. The summed E-state index contributed by atoms with van der Waals surface area (Å²) in [4.78, 5) is 12.0. The number of nitrogens with one attached hydrogen (secondary N) is 1. The highest BCUT2D eigenvalue weighted by molar-refractivity contribution is 5.85. The molecule has 6 heteroatoms. The van der Waals surface area contributed by atoms with Crippen molar-refractivity contribution in [3.8, 4) is 11.5 Å². The van der Waals surface area contributed by atoms with Crippen molar-refractivity contribution in [3.05, 3.63) is 23.8 Å². The van der Waals surface area contributed by atoms with Crippen LogP contribution >= 0.6 is 12.4 Å². The maximum atomic E-state index is 12.0. The summed E-state index contributed by atoms with van der Waals surface area (Å²) < 4.78 is 11.1. The lowest BCUT2D eigenvalue weighted by Gasteiger charge is -2.19. The Morgan fingerprint density at radius 3 is 2.74 bits per heavy atom. The average molecular weight is 341 g/mol. The maximum absolute atomic E-state index is 12.0. The third-order valence-electron chi connectivity index (χ3n) is 4.51. The molecule has 0 spiro atoms. The molecule has 1 aromatic rings. The molecule has 128 valence electrons. The first-order chi connectivity index (χ1) is 10.7. The number of hydrogen-bond donors (Lipinski definition) is 2. The molecule has 2 atom stereocenters. The largest absolute Gasteiger partial charge is 0.486 e. The van der Waals surface area contributed by atoms with Gasteiger partial charge < -0.3 is 20.5 Å². The second-order valence-electron chi connectivity index (χ2n) is 6.14. The first kappa shape index (κ1) is 17.9. The van der Waals surface area contributed by atoms with E-state index in [1.807, 2.05) is 18.2 Å². The van der Waals surface area contributed by atoms with Crippen LogP contribution in [0.3, 0.4) is 0 Å². The summed E-state index contributed by atoms with van der Waals surface area (Å²) in [6, 6.07) is 6.15. The van der Waals surface area contributed by atoms with Gasteiger partial charge in [-0.1, -0.05) is 12.5 Å². The zero-order valence-corrected chi connectivity index (χ0v) is 14.1. The molecule has 23 heavy (non-hydrogen) atoms. The van der Waals surface area contributed by atoms with E-state index in [0.29, 0.717) is 32.1 Å². The van der Waals surface area contributed by atoms with E-state index in [-0.39, 0.29) is 24.4 Å². The van der Waals surface area contributed by atoms with Crippen LogP contribution in [0.15, 0.2) is 18.2 Å². The summed E-state index contributed by atoms with van der Waals surface area (Å²) >= 11 is 0. The summed E-state index contributed by atoms with van der Waals surface area (Å²) in [5.74, 6) is 2.07. The minimum absolute atomic E-state index is 0. The van der Waals surface area contributed by atoms with Crippen molar-refractivity contribution in [1.82, 2.24) is 5.32 Å². The van der Waals surface area contributed by atoms with Gasteiger partial charge in [0.1, 0.15) is 13.2 Å². The standard InChI is InChI=1S/C17H24N2O3.ClH/c18-14-3-1-2-13(14)11-17(20)19-7-6-12-4-5-15-16(10-12)22-9-8-21-15;/h4-5,10,13-14H,1-3,6-9,11,18H2,(H,19,20);1H/t13-,14+;/m0./s1. The van der Waals surface area contributed by atoms with Crippen molar-refractivity contribution < 1.29 is 14.3 Å². The topological polar surface area (TPSA) is 73.6 Å². The van der Waals surface area contributed by atoms with Gasteiger partial charge >= 0.3 is 0 Å². The molecule has 3 N–H and O–H groups in total. The van der Waals surface area contributed by atoms with E-state index >= 15 is 0 Å². The summed E-state index contributed by atoms with van der Waals surface area (Å²) in [6.07, 6.45) is 4.63. The fourth-order valence-corrected chi connectivity index (χ4v) is 3.22. The minimum atomic E-state index is 0. The Morgan fingerprint density at radius 1 is 1.22 bits per heavy atom. The maximum Gasteiger partial charge on any atom is 0.220 e. The summed E-state index contributed by atoms with van der Waals surface area (Å²) in [7, 11) is 0. The lowest BCUT2D eigenvalue weighted by Crippen LogP contribution is -2.32. The predicted molar refractivity (Wildman–Crippen MR) is 91.3 cm³/mol. The van der Waals surface area contributed by atoms with Crippen LogP contribution in [0.5, 0.6) is 11.5 Å². The molecule has 1 saturated carbocycles. The highest BCUT2D eigenvalue weighted by Crippen LogP contribution is 2.30. The Hall–Kier alpha value is -1.46. The van der Waals surface area contributed by atoms with E-state index in [9.17, 15) is 4.79 Å². The number of nitrogens with two attached hydrogens (primary N) is 1. The van der Waals surface area contributed by atoms with Crippen molar-refractivity contribution in [2.24, 2.45) is 11.7 Å². The smallest absolute Gasteiger partial charge is 0.220 e. The molecule has 0 bridgehead atoms. The molecule has 1 aliphatic carbocycles. The molecule has 1 heterocycles. The van der Waals surface area contributed by atoms with Crippen molar-refractivity contribution in [1.29, 1.82) is 0 Å². The van der Waals surface area contributed by atoms with Gasteiger partial charge in [-0.05, 0) is 42.9 Å². The Morgan fingerprint density at radius 2 is 2.00 bits per heavy atom. The monoisotopic (exact) mass is 340 g/mol. The van der Waals surface area contributed by atoms with Gasteiger partial charge in [0.15, 0.2) is 11.5 Å². The Kier molecular flexibility index (Phi) is 6.54. The molecule has 1 aromatic carbocycles. The molecule has 3 rings (SSSR count). The number of benzene rings is 1. The SMILES string of the molecule is Cl.N[C@@H]1CCC[C@H]1CC(=O)NCCc1ccc2c(c1)OCCO2. The third-order valence-corrected chi connectivity index (χ3v) is 4.51. The van der Waals surface area contributed by atoms with Crippen LogP contribution in [0, 0.1) is 5.92 Å². The van der Waals surface area contributed by atoms with Crippen LogP contribution in [-0.2, 0) is 11.2 Å². The Balaban J connectivity index is 0.00000192. The lowest BCUT2D eigenvalue weighted by molar-refractivity contribution is -0.122. The number of hydrogen-bond acceptors (Lipinski definition) is 4. The second-order valence-corrected chi connectivity index (χ2v) is 6.14. The molecular formula is C17H25ClN2O3. The quantitative estimate of drug-likeness (QED) is 0.860. The van der Waals surface area contributed by atoms with Crippen LogP contribution in [0.1, 0.15) is 31.2 Å². The van der Waals surface area contributed by atoms with Crippen LogP contribution in [0.2, 0.25) is 0 Å². The average Bonchev–Trinajstić information content (AvgIpc) is 2.92. The van der Waals surface area contributed by atoms with E-state index < -0.39 is 0 Å². The van der Waals surface area contributed by atoms with Gasteiger partial charge in [-0.15, -0.1) is 12.4 Å². The van der Waals surface area contributed by atoms with Gasteiger partial charge in [0, 0.05) is 19.0 Å². The first-order valence-electron chi connectivity index (χ1n) is 8.13. The molecule has 2 aliphatic rings. The Labute approximate surface area is 143 Å². The van der Waals surface area contributed by atoms with Gasteiger partial charge in [-0.2, -0.15) is 0 Å². The molecule has 5 nitrogen and oxygen atoms in total. The molecule has 1 amide bonds. The minimum Gasteiger partial charge on any atom is -0.486 e. The number of ether oxygens (including phenoxy) is 2. The molecule has 0 saturated heterocycles. The number of amides is 1. The van der Waals surface area contributed by atoms with Crippen molar-refractivity contribution >= 4 is 18.3 Å².